The third-order valence-corrected chi connectivity index (χ3v) is 3.11. The highest BCUT2D eigenvalue weighted by Crippen LogP contribution is 2.24. The van der Waals surface area contributed by atoms with E-state index in [0.717, 1.165) is 4.47 Å². The first kappa shape index (κ1) is 18.1. The van der Waals surface area contributed by atoms with E-state index >= 15 is 0 Å². The third kappa shape index (κ3) is 7.57. The van der Waals surface area contributed by atoms with Crippen LogP contribution in [0.5, 0.6) is 5.75 Å². The number of hydrogen-bond acceptors (Lipinski definition) is 5. The van der Waals surface area contributed by atoms with Gasteiger partial charge in [0.1, 0.15) is 12.4 Å². The molecule has 0 aliphatic carbocycles. The van der Waals surface area contributed by atoms with E-state index in [0.29, 0.717) is 51.0 Å². The van der Waals surface area contributed by atoms with Gasteiger partial charge in [0.15, 0.2) is 5.78 Å². The molecule has 118 valence electrons. The zero-order chi connectivity index (χ0) is 15.5. The lowest BCUT2D eigenvalue weighted by Crippen LogP contribution is -2.13. The van der Waals surface area contributed by atoms with Crippen LogP contribution in [0.2, 0.25) is 0 Å². The molecular weight excluding hydrogens is 340 g/mol. The molecule has 0 aromatic heterocycles. The number of hydrogen-bond donors (Lipinski definition) is 0. The van der Waals surface area contributed by atoms with Crippen LogP contribution in [-0.4, -0.2) is 52.5 Å². The SMILES string of the molecule is COCCOCCOCCOc1cc(Br)ccc1C(C)=O. The molecule has 0 radical (unpaired) electrons. The quantitative estimate of drug-likeness (QED) is 0.448. The molecule has 0 aliphatic rings. The smallest absolute Gasteiger partial charge is 0.163 e. The number of rotatable bonds is 11. The number of carbonyl (C=O) groups is 1. The summed E-state index contributed by atoms with van der Waals surface area (Å²) in [5.74, 6) is 0.543. The van der Waals surface area contributed by atoms with Crippen molar-refractivity contribution in [3.63, 3.8) is 0 Å². The topological polar surface area (TPSA) is 54.0 Å². The van der Waals surface area contributed by atoms with Gasteiger partial charge in [-0.25, -0.2) is 0 Å². The molecule has 0 unspecified atom stereocenters. The Morgan fingerprint density at radius 3 is 2.29 bits per heavy atom. The predicted molar refractivity (Wildman–Crippen MR) is 83.2 cm³/mol. The van der Waals surface area contributed by atoms with Crippen LogP contribution >= 0.6 is 15.9 Å². The van der Waals surface area contributed by atoms with E-state index < -0.39 is 0 Å². The first-order valence-electron chi connectivity index (χ1n) is 6.73. The summed E-state index contributed by atoms with van der Waals surface area (Å²) < 4.78 is 22.0. The van der Waals surface area contributed by atoms with Crippen molar-refractivity contribution in [1.82, 2.24) is 0 Å². The van der Waals surface area contributed by atoms with Gasteiger partial charge in [0, 0.05) is 11.6 Å². The van der Waals surface area contributed by atoms with Crippen molar-refractivity contribution in [2.45, 2.75) is 6.92 Å². The summed E-state index contributed by atoms with van der Waals surface area (Å²) in [5, 5.41) is 0. The van der Waals surface area contributed by atoms with Crippen LogP contribution < -0.4 is 4.74 Å². The molecule has 6 heteroatoms. The molecule has 1 aromatic rings. The summed E-state index contributed by atoms with van der Waals surface area (Å²) >= 11 is 3.36. The second kappa shape index (κ2) is 10.7. The molecular formula is C15H21BrO5. The van der Waals surface area contributed by atoms with Crippen molar-refractivity contribution in [1.29, 1.82) is 0 Å². The minimum absolute atomic E-state index is 0.0232. The zero-order valence-electron chi connectivity index (χ0n) is 12.4. The van der Waals surface area contributed by atoms with E-state index in [1.54, 1.807) is 19.2 Å². The highest BCUT2D eigenvalue weighted by atomic mass is 79.9. The normalized spacial score (nSPS) is 10.6. The largest absolute Gasteiger partial charge is 0.490 e. The molecule has 0 atom stereocenters. The van der Waals surface area contributed by atoms with Crippen molar-refractivity contribution in [2.24, 2.45) is 0 Å². The Morgan fingerprint density at radius 2 is 1.67 bits per heavy atom. The molecule has 0 N–H and O–H groups in total. The average Bonchev–Trinajstić information content (AvgIpc) is 2.45. The Balaban J connectivity index is 2.21. The van der Waals surface area contributed by atoms with Gasteiger partial charge < -0.3 is 18.9 Å². The maximum absolute atomic E-state index is 11.5. The number of ketones is 1. The zero-order valence-corrected chi connectivity index (χ0v) is 14.0. The maximum Gasteiger partial charge on any atom is 0.163 e. The molecule has 0 saturated heterocycles. The third-order valence-electron chi connectivity index (χ3n) is 2.61. The van der Waals surface area contributed by atoms with E-state index in [2.05, 4.69) is 15.9 Å². The van der Waals surface area contributed by atoms with Crippen LogP contribution in [0, 0.1) is 0 Å². The van der Waals surface area contributed by atoms with Crippen LogP contribution in [0.4, 0.5) is 0 Å². The summed E-state index contributed by atoms with van der Waals surface area (Å²) in [6.07, 6.45) is 0. The summed E-state index contributed by atoms with van der Waals surface area (Å²) in [6.45, 7) is 4.52. The van der Waals surface area contributed by atoms with Gasteiger partial charge in [-0.2, -0.15) is 0 Å². The Hall–Kier alpha value is -0.950. The molecule has 21 heavy (non-hydrogen) atoms. The van der Waals surface area contributed by atoms with Crippen LogP contribution in [0.3, 0.4) is 0 Å². The molecule has 0 spiro atoms. The Morgan fingerprint density at radius 1 is 1.05 bits per heavy atom. The molecule has 0 saturated carbocycles. The Kier molecular flexibility index (Phi) is 9.25. The monoisotopic (exact) mass is 360 g/mol. The van der Waals surface area contributed by atoms with Crippen LogP contribution in [-0.2, 0) is 14.2 Å². The van der Waals surface area contributed by atoms with Crippen LogP contribution in [0.15, 0.2) is 22.7 Å². The van der Waals surface area contributed by atoms with E-state index in [1.165, 1.54) is 6.92 Å². The second-order valence-corrected chi connectivity index (χ2v) is 5.18. The summed E-state index contributed by atoms with van der Waals surface area (Å²) in [7, 11) is 1.63. The average molecular weight is 361 g/mol. The van der Waals surface area contributed by atoms with E-state index in [1.807, 2.05) is 6.07 Å². The lowest BCUT2D eigenvalue weighted by atomic mass is 10.1. The Bertz CT molecular complexity index is 436. The fourth-order valence-corrected chi connectivity index (χ4v) is 1.92. The number of Topliss-reactive ketones (excluding diaryl/α,β-unsaturated/α-hetero) is 1. The lowest BCUT2D eigenvalue weighted by molar-refractivity contribution is 0.0179. The molecule has 1 aromatic carbocycles. The maximum atomic E-state index is 11.5. The highest BCUT2D eigenvalue weighted by Gasteiger charge is 2.08. The van der Waals surface area contributed by atoms with Gasteiger partial charge in [-0.15, -0.1) is 0 Å². The van der Waals surface area contributed by atoms with E-state index in [9.17, 15) is 4.79 Å². The second-order valence-electron chi connectivity index (χ2n) is 4.26. The number of halogens is 1. The minimum atomic E-state index is -0.0232. The van der Waals surface area contributed by atoms with Gasteiger partial charge in [-0.1, -0.05) is 15.9 Å². The molecule has 1 rings (SSSR count). The molecule has 0 fully saturated rings. The number of ether oxygens (including phenoxy) is 4. The molecule has 0 amide bonds. The molecule has 0 bridgehead atoms. The van der Waals surface area contributed by atoms with Gasteiger partial charge in [0.2, 0.25) is 0 Å². The van der Waals surface area contributed by atoms with Crippen molar-refractivity contribution < 1.29 is 23.7 Å². The Labute approximate surface area is 133 Å². The van der Waals surface area contributed by atoms with Gasteiger partial charge in [-0.3, -0.25) is 4.79 Å². The lowest BCUT2D eigenvalue weighted by Gasteiger charge is -2.11. The van der Waals surface area contributed by atoms with Crippen LogP contribution in [0.1, 0.15) is 17.3 Å². The first-order valence-corrected chi connectivity index (χ1v) is 7.52. The summed E-state index contributed by atoms with van der Waals surface area (Å²) in [4.78, 5) is 11.5. The van der Waals surface area contributed by atoms with Crippen LogP contribution in [0.25, 0.3) is 0 Å². The number of benzene rings is 1. The van der Waals surface area contributed by atoms with Gasteiger partial charge in [0.25, 0.3) is 0 Å². The fraction of sp³-hybridized carbons (Fsp3) is 0.533. The van der Waals surface area contributed by atoms with Gasteiger partial charge >= 0.3 is 0 Å². The molecule has 5 nitrogen and oxygen atoms in total. The number of methoxy groups -OCH3 is 1. The summed E-state index contributed by atoms with van der Waals surface area (Å²) in [6, 6.07) is 5.34. The fourth-order valence-electron chi connectivity index (χ4n) is 1.58. The van der Waals surface area contributed by atoms with E-state index in [-0.39, 0.29) is 5.78 Å². The minimum Gasteiger partial charge on any atom is -0.490 e. The van der Waals surface area contributed by atoms with Gasteiger partial charge in [-0.05, 0) is 25.1 Å². The van der Waals surface area contributed by atoms with Crippen molar-refractivity contribution in [3.8, 4) is 5.75 Å². The summed E-state index contributed by atoms with van der Waals surface area (Å²) in [5.41, 5.74) is 0.570. The number of carbonyl (C=O) groups excluding carboxylic acids is 1. The van der Waals surface area contributed by atoms with Crippen molar-refractivity contribution in [2.75, 3.05) is 46.8 Å². The standard InChI is InChI=1S/C15H21BrO5/c1-12(17)14-4-3-13(16)11-15(14)21-10-9-20-8-7-19-6-5-18-2/h3-4,11H,5-10H2,1-2H3. The molecule has 0 heterocycles. The predicted octanol–water partition coefficient (Wildman–Crippen LogP) is 2.71. The van der Waals surface area contributed by atoms with Gasteiger partial charge in [0.05, 0.1) is 38.6 Å². The van der Waals surface area contributed by atoms with Crippen molar-refractivity contribution in [3.05, 3.63) is 28.2 Å². The van der Waals surface area contributed by atoms with E-state index in [4.69, 9.17) is 18.9 Å². The first-order chi connectivity index (χ1) is 10.1. The van der Waals surface area contributed by atoms with Crippen molar-refractivity contribution >= 4 is 21.7 Å². The highest BCUT2D eigenvalue weighted by molar-refractivity contribution is 9.10. The molecule has 0 aliphatic heterocycles.